The van der Waals surface area contributed by atoms with E-state index in [0.717, 1.165) is 11.3 Å². The lowest BCUT2D eigenvalue weighted by Crippen LogP contribution is -2.45. The predicted octanol–water partition coefficient (Wildman–Crippen LogP) is 3.08. The smallest absolute Gasteiger partial charge is 0.337 e. The SMILES string of the molecule is COC(=O)C1=C(C)NC(=O)NC1c1ccc(OCc2ccc(OC)cc2)c(OC)c1. The summed E-state index contributed by atoms with van der Waals surface area (Å²) in [7, 11) is 4.44. The number of esters is 1. The van der Waals surface area contributed by atoms with Gasteiger partial charge in [-0.2, -0.15) is 0 Å². The molecule has 8 heteroatoms. The molecule has 8 nitrogen and oxygen atoms in total. The summed E-state index contributed by atoms with van der Waals surface area (Å²) in [6, 6.07) is 11.7. The number of hydrogen-bond donors (Lipinski definition) is 2. The maximum absolute atomic E-state index is 12.3. The molecule has 0 aliphatic carbocycles. The van der Waals surface area contributed by atoms with Crippen molar-refractivity contribution >= 4 is 12.0 Å². The molecule has 3 rings (SSSR count). The summed E-state index contributed by atoms with van der Waals surface area (Å²) >= 11 is 0. The van der Waals surface area contributed by atoms with Crippen LogP contribution in [0.5, 0.6) is 17.2 Å². The standard InChI is InChI=1S/C22H24N2O6/c1-13-19(21(25)29-4)20(24-22(26)23-13)15-7-10-17(18(11-15)28-3)30-12-14-5-8-16(27-2)9-6-14/h5-11,20H,12H2,1-4H3,(H2,23,24,26). The van der Waals surface area contributed by atoms with E-state index < -0.39 is 18.0 Å². The molecule has 2 aromatic carbocycles. The summed E-state index contributed by atoms with van der Waals surface area (Å²) in [6.07, 6.45) is 0. The Hall–Kier alpha value is -3.68. The molecular formula is C22H24N2O6. The Morgan fingerprint density at radius 1 is 1.00 bits per heavy atom. The third kappa shape index (κ3) is 4.48. The number of benzene rings is 2. The Bertz CT molecular complexity index is 968. The molecule has 0 radical (unpaired) electrons. The molecule has 1 heterocycles. The van der Waals surface area contributed by atoms with Crippen LogP contribution in [0, 0.1) is 0 Å². The largest absolute Gasteiger partial charge is 0.497 e. The van der Waals surface area contributed by atoms with Gasteiger partial charge in [-0.15, -0.1) is 0 Å². The van der Waals surface area contributed by atoms with Crippen LogP contribution in [0.2, 0.25) is 0 Å². The number of hydrogen-bond acceptors (Lipinski definition) is 6. The summed E-state index contributed by atoms with van der Waals surface area (Å²) in [5, 5.41) is 5.35. The van der Waals surface area contributed by atoms with Crippen LogP contribution in [0.15, 0.2) is 53.7 Å². The van der Waals surface area contributed by atoms with Crippen molar-refractivity contribution in [2.45, 2.75) is 19.6 Å². The number of methoxy groups -OCH3 is 3. The average molecular weight is 412 g/mol. The van der Waals surface area contributed by atoms with Crippen LogP contribution < -0.4 is 24.8 Å². The third-order valence-corrected chi connectivity index (χ3v) is 4.75. The molecule has 0 saturated carbocycles. The van der Waals surface area contributed by atoms with Crippen LogP contribution in [-0.2, 0) is 16.1 Å². The van der Waals surface area contributed by atoms with Gasteiger partial charge in [-0.3, -0.25) is 0 Å². The number of amides is 2. The van der Waals surface area contributed by atoms with E-state index in [2.05, 4.69) is 10.6 Å². The number of urea groups is 1. The quantitative estimate of drug-likeness (QED) is 0.679. The molecule has 30 heavy (non-hydrogen) atoms. The average Bonchev–Trinajstić information content (AvgIpc) is 2.76. The molecule has 0 spiro atoms. The first-order valence-electron chi connectivity index (χ1n) is 9.27. The van der Waals surface area contributed by atoms with E-state index >= 15 is 0 Å². The predicted molar refractivity (Wildman–Crippen MR) is 109 cm³/mol. The van der Waals surface area contributed by atoms with Crippen molar-refractivity contribution in [2.75, 3.05) is 21.3 Å². The molecule has 1 aliphatic heterocycles. The van der Waals surface area contributed by atoms with Crippen molar-refractivity contribution in [2.24, 2.45) is 0 Å². The van der Waals surface area contributed by atoms with Crippen molar-refractivity contribution in [1.82, 2.24) is 10.6 Å². The van der Waals surface area contributed by atoms with E-state index in [9.17, 15) is 9.59 Å². The van der Waals surface area contributed by atoms with Crippen LogP contribution in [0.4, 0.5) is 4.79 Å². The first-order valence-corrected chi connectivity index (χ1v) is 9.27. The van der Waals surface area contributed by atoms with Gasteiger partial charge >= 0.3 is 12.0 Å². The monoisotopic (exact) mass is 412 g/mol. The molecule has 2 aromatic rings. The van der Waals surface area contributed by atoms with Crippen molar-refractivity contribution < 1.29 is 28.5 Å². The minimum absolute atomic E-state index is 0.325. The number of carbonyl (C=O) groups is 2. The molecule has 2 amide bonds. The van der Waals surface area contributed by atoms with Gasteiger partial charge in [0, 0.05) is 5.70 Å². The van der Waals surface area contributed by atoms with Crippen molar-refractivity contribution in [1.29, 1.82) is 0 Å². The molecule has 0 fully saturated rings. The highest BCUT2D eigenvalue weighted by atomic mass is 16.5. The molecule has 1 atom stereocenters. The van der Waals surface area contributed by atoms with E-state index in [-0.39, 0.29) is 0 Å². The molecule has 0 bridgehead atoms. The van der Waals surface area contributed by atoms with Gasteiger partial charge in [0.25, 0.3) is 0 Å². The lowest BCUT2D eigenvalue weighted by molar-refractivity contribution is -0.136. The molecule has 1 unspecified atom stereocenters. The highest BCUT2D eigenvalue weighted by molar-refractivity contribution is 5.95. The van der Waals surface area contributed by atoms with E-state index in [1.165, 1.54) is 14.2 Å². The van der Waals surface area contributed by atoms with Gasteiger partial charge in [0.1, 0.15) is 12.4 Å². The molecule has 2 N–H and O–H groups in total. The minimum Gasteiger partial charge on any atom is -0.497 e. The van der Waals surface area contributed by atoms with Gasteiger partial charge in [-0.05, 0) is 42.3 Å². The molecule has 158 valence electrons. The van der Waals surface area contributed by atoms with Gasteiger partial charge in [0.2, 0.25) is 0 Å². The fourth-order valence-corrected chi connectivity index (χ4v) is 3.19. The highest BCUT2D eigenvalue weighted by Crippen LogP contribution is 2.35. The van der Waals surface area contributed by atoms with Gasteiger partial charge in [-0.1, -0.05) is 18.2 Å². The zero-order valence-corrected chi connectivity index (χ0v) is 17.3. The Kier molecular flexibility index (Phi) is 6.46. The number of allylic oxidation sites excluding steroid dienone is 1. The maximum atomic E-state index is 12.3. The van der Waals surface area contributed by atoms with Gasteiger partial charge < -0.3 is 29.6 Å². The first-order chi connectivity index (χ1) is 14.5. The van der Waals surface area contributed by atoms with Gasteiger partial charge in [0.15, 0.2) is 11.5 Å². The lowest BCUT2D eigenvalue weighted by Gasteiger charge is -2.28. The minimum atomic E-state index is -0.671. The molecule has 0 aromatic heterocycles. The second-order valence-corrected chi connectivity index (χ2v) is 6.61. The van der Waals surface area contributed by atoms with Crippen LogP contribution in [-0.4, -0.2) is 33.3 Å². The van der Waals surface area contributed by atoms with Crippen LogP contribution in [0.1, 0.15) is 24.1 Å². The number of ether oxygens (including phenoxy) is 4. The fourth-order valence-electron chi connectivity index (χ4n) is 3.19. The van der Waals surface area contributed by atoms with Crippen molar-refractivity contribution in [3.05, 3.63) is 64.9 Å². The lowest BCUT2D eigenvalue weighted by atomic mass is 9.95. The molecule has 0 saturated heterocycles. The zero-order chi connectivity index (χ0) is 21.7. The van der Waals surface area contributed by atoms with Crippen LogP contribution in [0.25, 0.3) is 0 Å². The Morgan fingerprint density at radius 3 is 2.37 bits per heavy atom. The van der Waals surface area contributed by atoms with E-state index in [1.807, 2.05) is 24.3 Å². The Morgan fingerprint density at radius 2 is 1.73 bits per heavy atom. The molecular weight excluding hydrogens is 388 g/mol. The van der Waals surface area contributed by atoms with Crippen molar-refractivity contribution in [3.8, 4) is 17.2 Å². The van der Waals surface area contributed by atoms with Crippen LogP contribution in [0.3, 0.4) is 0 Å². The second-order valence-electron chi connectivity index (χ2n) is 6.61. The van der Waals surface area contributed by atoms with E-state index in [0.29, 0.717) is 34.9 Å². The zero-order valence-electron chi connectivity index (χ0n) is 17.3. The number of carbonyl (C=O) groups excluding carboxylic acids is 2. The van der Waals surface area contributed by atoms with E-state index in [4.69, 9.17) is 18.9 Å². The summed E-state index contributed by atoms with van der Waals surface area (Å²) < 4.78 is 21.4. The van der Waals surface area contributed by atoms with Crippen LogP contribution >= 0.6 is 0 Å². The summed E-state index contributed by atoms with van der Waals surface area (Å²) in [6.45, 7) is 2.00. The van der Waals surface area contributed by atoms with Crippen molar-refractivity contribution in [3.63, 3.8) is 0 Å². The highest BCUT2D eigenvalue weighted by Gasteiger charge is 2.32. The first kappa shape index (κ1) is 21.0. The van der Waals surface area contributed by atoms with E-state index in [1.54, 1.807) is 32.2 Å². The fraction of sp³-hybridized carbons (Fsp3) is 0.273. The topological polar surface area (TPSA) is 95.1 Å². The maximum Gasteiger partial charge on any atom is 0.337 e. The normalized spacial score (nSPS) is 15.7. The number of nitrogens with one attached hydrogen (secondary N) is 2. The second kappa shape index (κ2) is 9.21. The van der Waals surface area contributed by atoms with Gasteiger partial charge in [-0.25, -0.2) is 9.59 Å². The van der Waals surface area contributed by atoms with Gasteiger partial charge in [0.05, 0.1) is 32.9 Å². The Labute approximate surface area is 174 Å². The summed E-state index contributed by atoms with van der Waals surface area (Å²) in [5.74, 6) is 1.27. The Balaban J connectivity index is 1.84. The third-order valence-electron chi connectivity index (χ3n) is 4.75. The summed E-state index contributed by atoms with van der Waals surface area (Å²) in [5.41, 5.74) is 2.40. The summed E-state index contributed by atoms with van der Waals surface area (Å²) in [4.78, 5) is 24.2. The molecule has 1 aliphatic rings. The number of rotatable bonds is 7.